The van der Waals surface area contributed by atoms with Crippen molar-refractivity contribution in [2.45, 2.75) is 25.3 Å². The molecule has 2 rings (SSSR count). The van der Waals surface area contributed by atoms with Crippen LogP contribution in [0.2, 0.25) is 0 Å². The molecule has 0 spiro atoms. The van der Waals surface area contributed by atoms with E-state index in [4.69, 9.17) is 5.11 Å². The van der Waals surface area contributed by atoms with Gasteiger partial charge < -0.3 is 10.4 Å². The van der Waals surface area contributed by atoms with Crippen molar-refractivity contribution in [3.63, 3.8) is 0 Å². The maximum atomic E-state index is 12.0. The number of carboxylic acids is 1. The predicted octanol–water partition coefficient (Wildman–Crippen LogP) is 1.25. The number of nitro groups is 1. The fourth-order valence-electron chi connectivity index (χ4n) is 1.82. The Morgan fingerprint density at radius 3 is 2.47 bits per heavy atom. The summed E-state index contributed by atoms with van der Waals surface area (Å²) in [6.07, 6.45) is 0.806. The molecule has 1 aromatic rings. The molecule has 1 fully saturated rings. The summed E-state index contributed by atoms with van der Waals surface area (Å²) in [6.45, 7) is 1.57. The quantitative estimate of drug-likeness (QED) is 0.628. The van der Waals surface area contributed by atoms with Crippen LogP contribution in [0, 0.1) is 17.0 Å². The Morgan fingerprint density at radius 1 is 1.42 bits per heavy atom. The van der Waals surface area contributed by atoms with E-state index < -0.39 is 22.3 Å². The number of nitrogens with zero attached hydrogens (tertiary/aromatic N) is 1. The van der Waals surface area contributed by atoms with Crippen LogP contribution in [0.5, 0.6) is 0 Å². The molecule has 0 radical (unpaired) electrons. The number of hydrogen-bond donors (Lipinski definition) is 2. The van der Waals surface area contributed by atoms with Gasteiger partial charge in [-0.25, -0.2) is 4.79 Å². The van der Waals surface area contributed by atoms with Crippen LogP contribution in [-0.2, 0) is 4.79 Å². The van der Waals surface area contributed by atoms with Gasteiger partial charge in [0.05, 0.1) is 4.92 Å². The Labute approximate surface area is 108 Å². The van der Waals surface area contributed by atoms with Crippen molar-refractivity contribution in [3.8, 4) is 0 Å². The maximum Gasteiger partial charge on any atom is 0.329 e. The van der Waals surface area contributed by atoms with Gasteiger partial charge in [-0.1, -0.05) is 0 Å². The monoisotopic (exact) mass is 264 g/mol. The van der Waals surface area contributed by atoms with Gasteiger partial charge in [0.2, 0.25) is 0 Å². The van der Waals surface area contributed by atoms with Crippen LogP contribution < -0.4 is 5.32 Å². The molecule has 0 unspecified atom stereocenters. The number of aryl methyl sites for hydroxylation is 1. The molecule has 0 heterocycles. The van der Waals surface area contributed by atoms with Crippen molar-refractivity contribution in [3.05, 3.63) is 39.4 Å². The molecule has 0 aromatic heterocycles. The van der Waals surface area contributed by atoms with E-state index in [0.29, 0.717) is 18.4 Å². The number of hydrogen-bond acceptors (Lipinski definition) is 4. The first-order chi connectivity index (χ1) is 8.85. The molecule has 2 N–H and O–H groups in total. The topological polar surface area (TPSA) is 110 Å². The number of non-ortho nitro benzene ring substituents is 1. The summed E-state index contributed by atoms with van der Waals surface area (Å²) < 4.78 is 0. The lowest BCUT2D eigenvalue weighted by molar-refractivity contribution is -0.384. The Kier molecular flexibility index (Phi) is 2.97. The van der Waals surface area contributed by atoms with Gasteiger partial charge in [0, 0.05) is 17.7 Å². The SMILES string of the molecule is Cc1cc([N+](=O)[O-])ccc1C(=O)NC1(C(=O)O)CC1. The molecular formula is C12H12N2O5. The zero-order chi connectivity index (χ0) is 14.2. The zero-order valence-corrected chi connectivity index (χ0v) is 10.2. The summed E-state index contributed by atoms with van der Waals surface area (Å²) in [5, 5.41) is 22.0. The van der Waals surface area contributed by atoms with Crippen molar-refractivity contribution >= 4 is 17.6 Å². The summed E-state index contributed by atoms with van der Waals surface area (Å²) in [6, 6.07) is 3.85. The zero-order valence-electron chi connectivity index (χ0n) is 10.2. The summed E-state index contributed by atoms with van der Waals surface area (Å²) >= 11 is 0. The van der Waals surface area contributed by atoms with Crippen LogP contribution in [0.25, 0.3) is 0 Å². The second-order valence-corrected chi connectivity index (χ2v) is 4.60. The van der Waals surface area contributed by atoms with E-state index in [-0.39, 0.29) is 11.3 Å². The Balaban J connectivity index is 2.21. The lowest BCUT2D eigenvalue weighted by Crippen LogP contribution is -2.43. The van der Waals surface area contributed by atoms with Crippen LogP contribution in [0.3, 0.4) is 0 Å². The Hall–Kier alpha value is -2.44. The molecule has 0 atom stereocenters. The smallest absolute Gasteiger partial charge is 0.329 e. The van der Waals surface area contributed by atoms with Gasteiger partial charge in [0.25, 0.3) is 11.6 Å². The molecule has 0 saturated heterocycles. The highest BCUT2D eigenvalue weighted by atomic mass is 16.6. The number of rotatable bonds is 4. The molecule has 1 aliphatic rings. The molecule has 1 saturated carbocycles. The number of aliphatic carboxylic acids is 1. The number of amides is 1. The molecule has 100 valence electrons. The van der Waals surface area contributed by atoms with Gasteiger partial charge in [0.15, 0.2) is 0 Å². The molecule has 19 heavy (non-hydrogen) atoms. The number of nitrogens with one attached hydrogen (secondary N) is 1. The van der Waals surface area contributed by atoms with Gasteiger partial charge in [-0.15, -0.1) is 0 Å². The lowest BCUT2D eigenvalue weighted by Gasteiger charge is -2.13. The van der Waals surface area contributed by atoms with Gasteiger partial charge >= 0.3 is 5.97 Å². The first kappa shape index (κ1) is 13.0. The van der Waals surface area contributed by atoms with E-state index in [1.807, 2.05) is 0 Å². The first-order valence-electron chi connectivity index (χ1n) is 5.67. The third-order valence-electron chi connectivity index (χ3n) is 3.18. The Morgan fingerprint density at radius 2 is 2.05 bits per heavy atom. The van der Waals surface area contributed by atoms with E-state index in [1.165, 1.54) is 18.2 Å². The molecular weight excluding hydrogens is 252 g/mol. The summed E-state index contributed by atoms with van der Waals surface area (Å²) in [7, 11) is 0. The van der Waals surface area contributed by atoms with Crippen LogP contribution in [0.4, 0.5) is 5.69 Å². The highest BCUT2D eigenvalue weighted by Crippen LogP contribution is 2.36. The fraction of sp³-hybridized carbons (Fsp3) is 0.333. The molecule has 1 amide bonds. The highest BCUT2D eigenvalue weighted by Gasteiger charge is 2.51. The van der Waals surface area contributed by atoms with Gasteiger partial charge in [0.1, 0.15) is 5.54 Å². The minimum atomic E-state index is -1.16. The van der Waals surface area contributed by atoms with Crippen molar-refractivity contribution in [1.82, 2.24) is 5.32 Å². The van der Waals surface area contributed by atoms with E-state index in [0.717, 1.165) is 0 Å². The average Bonchev–Trinajstić information content (AvgIpc) is 3.09. The van der Waals surface area contributed by atoms with E-state index in [2.05, 4.69) is 5.32 Å². The fourth-order valence-corrected chi connectivity index (χ4v) is 1.82. The number of carbonyl (C=O) groups is 2. The number of benzene rings is 1. The normalized spacial score (nSPS) is 15.6. The minimum Gasteiger partial charge on any atom is -0.480 e. The van der Waals surface area contributed by atoms with Crippen LogP contribution in [0.15, 0.2) is 18.2 Å². The number of nitro benzene ring substituents is 1. The van der Waals surface area contributed by atoms with Crippen LogP contribution in [-0.4, -0.2) is 27.4 Å². The summed E-state index contributed by atoms with van der Waals surface area (Å²) in [5.41, 5.74) is -0.579. The second kappa shape index (κ2) is 4.34. The predicted molar refractivity (Wildman–Crippen MR) is 64.9 cm³/mol. The van der Waals surface area contributed by atoms with Crippen molar-refractivity contribution in [2.75, 3.05) is 0 Å². The average molecular weight is 264 g/mol. The van der Waals surface area contributed by atoms with Gasteiger partial charge in [-0.05, 0) is 31.4 Å². The molecule has 0 aliphatic heterocycles. The molecule has 1 aromatic carbocycles. The van der Waals surface area contributed by atoms with Gasteiger partial charge in [-0.3, -0.25) is 14.9 Å². The molecule has 7 heteroatoms. The second-order valence-electron chi connectivity index (χ2n) is 4.60. The van der Waals surface area contributed by atoms with E-state index >= 15 is 0 Å². The highest BCUT2D eigenvalue weighted by molar-refractivity contribution is 6.00. The minimum absolute atomic E-state index is 0.103. The third kappa shape index (κ3) is 2.40. The summed E-state index contributed by atoms with van der Waals surface area (Å²) in [5.74, 6) is -1.58. The van der Waals surface area contributed by atoms with Crippen LogP contribution in [0.1, 0.15) is 28.8 Å². The molecule has 0 bridgehead atoms. The largest absolute Gasteiger partial charge is 0.480 e. The van der Waals surface area contributed by atoms with Crippen molar-refractivity contribution < 1.29 is 19.6 Å². The van der Waals surface area contributed by atoms with Crippen molar-refractivity contribution in [1.29, 1.82) is 0 Å². The maximum absolute atomic E-state index is 12.0. The van der Waals surface area contributed by atoms with E-state index in [9.17, 15) is 19.7 Å². The van der Waals surface area contributed by atoms with Gasteiger partial charge in [-0.2, -0.15) is 0 Å². The number of carboxylic acid groups (broad SMARTS) is 1. The third-order valence-corrected chi connectivity index (χ3v) is 3.18. The van der Waals surface area contributed by atoms with E-state index in [1.54, 1.807) is 6.92 Å². The van der Waals surface area contributed by atoms with Crippen LogP contribution >= 0.6 is 0 Å². The first-order valence-corrected chi connectivity index (χ1v) is 5.67. The van der Waals surface area contributed by atoms with Crippen molar-refractivity contribution in [2.24, 2.45) is 0 Å². The lowest BCUT2D eigenvalue weighted by atomic mass is 10.1. The molecule has 1 aliphatic carbocycles. The molecule has 7 nitrogen and oxygen atoms in total. The number of carbonyl (C=O) groups excluding carboxylic acids is 1. The Bertz CT molecular complexity index is 577. The summed E-state index contributed by atoms with van der Waals surface area (Å²) in [4.78, 5) is 33.0. The standard InChI is InChI=1S/C12H12N2O5/c1-7-6-8(14(18)19)2-3-9(7)10(15)13-12(4-5-12)11(16)17/h2-3,6H,4-5H2,1H3,(H,13,15)(H,16,17).